The normalized spacial score (nSPS) is 10.3. The Bertz CT molecular complexity index is 623. The van der Waals surface area contributed by atoms with Crippen LogP contribution in [-0.2, 0) is 0 Å². The van der Waals surface area contributed by atoms with Crippen molar-refractivity contribution in [3.8, 4) is 0 Å². The van der Waals surface area contributed by atoms with Crippen LogP contribution in [0, 0.1) is 17.5 Å². The number of para-hydroxylation sites is 1. The summed E-state index contributed by atoms with van der Waals surface area (Å²) in [6.07, 6.45) is 0. The fourth-order valence-corrected chi connectivity index (χ4v) is 1.91. The molecule has 2 nitrogen and oxygen atoms in total. The Morgan fingerprint density at radius 3 is 2.16 bits per heavy atom. The highest BCUT2D eigenvalue weighted by Crippen LogP contribution is 2.21. The zero-order valence-corrected chi connectivity index (χ0v) is 11.0. The Morgan fingerprint density at radius 1 is 1.00 bits per heavy atom. The van der Waals surface area contributed by atoms with Gasteiger partial charge in [0.2, 0.25) is 0 Å². The highest BCUT2D eigenvalue weighted by atomic mass is 79.9. The third-order valence-corrected chi connectivity index (χ3v) is 2.81. The van der Waals surface area contributed by atoms with E-state index in [2.05, 4.69) is 21.2 Å². The molecule has 0 saturated heterocycles. The van der Waals surface area contributed by atoms with Crippen molar-refractivity contribution in [2.24, 2.45) is 0 Å². The highest BCUT2D eigenvalue weighted by Gasteiger charge is 2.19. The minimum absolute atomic E-state index is 0.144. The van der Waals surface area contributed by atoms with E-state index in [1.807, 2.05) is 0 Å². The summed E-state index contributed by atoms with van der Waals surface area (Å²) in [6.45, 7) is 0. The quantitative estimate of drug-likeness (QED) is 0.882. The molecule has 0 unspecified atom stereocenters. The summed E-state index contributed by atoms with van der Waals surface area (Å²) in [5, 5.41) is 2.12. The lowest BCUT2D eigenvalue weighted by Crippen LogP contribution is -2.16. The van der Waals surface area contributed by atoms with Crippen molar-refractivity contribution in [1.29, 1.82) is 0 Å². The van der Waals surface area contributed by atoms with Gasteiger partial charge in [0.05, 0.1) is 5.69 Å². The lowest BCUT2D eigenvalue weighted by atomic mass is 10.1. The zero-order chi connectivity index (χ0) is 14.0. The molecule has 19 heavy (non-hydrogen) atoms. The molecule has 2 aromatic rings. The molecule has 98 valence electrons. The average molecular weight is 330 g/mol. The SMILES string of the molecule is O=C(Nc1ccccc1F)c1c(F)cc(Br)cc1F. The molecular weight excluding hydrogens is 323 g/mol. The second-order valence-electron chi connectivity index (χ2n) is 3.68. The average Bonchev–Trinajstić information content (AvgIpc) is 2.30. The van der Waals surface area contributed by atoms with E-state index in [0.717, 1.165) is 18.2 Å². The van der Waals surface area contributed by atoms with Crippen LogP contribution in [0.5, 0.6) is 0 Å². The van der Waals surface area contributed by atoms with Crippen LogP contribution < -0.4 is 5.32 Å². The first-order chi connectivity index (χ1) is 8.99. The minimum atomic E-state index is -1.05. The molecule has 0 bridgehead atoms. The molecule has 0 aliphatic carbocycles. The third kappa shape index (κ3) is 2.96. The highest BCUT2D eigenvalue weighted by molar-refractivity contribution is 9.10. The van der Waals surface area contributed by atoms with Crippen molar-refractivity contribution >= 4 is 27.5 Å². The molecule has 0 fully saturated rings. The lowest BCUT2D eigenvalue weighted by Gasteiger charge is -2.08. The number of hydrogen-bond donors (Lipinski definition) is 1. The van der Waals surface area contributed by atoms with Gasteiger partial charge in [-0.25, -0.2) is 13.2 Å². The Labute approximate surface area is 115 Å². The largest absolute Gasteiger partial charge is 0.319 e. The van der Waals surface area contributed by atoms with Crippen molar-refractivity contribution in [1.82, 2.24) is 0 Å². The van der Waals surface area contributed by atoms with Gasteiger partial charge in [0, 0.05) is 4.47 Å². The fourth-order valence-electron chi connectivity index (χ4n) is 1.51. The maximum Gasteiger partial charge on any atom is 0.261 e. The Hall–Kier alpha value is -1.82. The molecular formula is C13H7BrF3NO. The Balaban J connectivity index is 2.34. The van der Waals surface area contributed by atoms with E-state index >= 15 is 0 Å². The van der Waals surface area contributed by atoms with Crippen molar-refractivity contribution in [2.75, 3.05) is 5.32 Å². The lowest BCUT2D eigenvalue weighted by molar-refractivity contribution is 0.101. The van der Waals surface area contributed by atoms with Crippen LogP contribution in [0.4, 0.5) is 18.9 Å². The van der Waals surface area contributed by atoms with Gasteiger partial charge < -0.3 is 5.32 Å². The van der Waals surface area contributed by atoms with Crippen LogP contribution in [0.1, 0.15) is 10.4 Å². The van der Waals surface area contributed by atoms with Crippen LogP contribution in [0.2, 0.25) is 0 Å². The molecule has 0 atom stereocenters. The molecule has 2 rings (SSSR count). The summed E-state index contributed by atoms with van der Waals surface area (Å²) in [7, 11) is 0. The summed E-state index contributed by atoms with van der Waals surface area (Å²) in [6, 6.07) is 7.27. The van der Waals surface area contributed by atoms with E-state index in [9.17, 15) is 18.0 Å². The van der Waals surface area contributed by atoms with E-state index < -0.39 is 28.9 Å². The predicted octanol–water partition coefficient (Wildman–Crippen LogP) is 4.12. The van der Waals surface area contributed by atoms with E-state index in [0.29, 0.717) is 0 Å². The van der Waals surface area contributed by atoms with Gasteiger partial charge >= 0.3 is 0 Å². The van der Waals surface area contributed by atoms with E-state index in [-0.39, 0.29) is 10.2 Å². The summed E-state index contributed by atoms with van der Waals surface area (Å²) in [5.74, 6) is -3.79. The third-order valence-electron chi connectivity index (χ3n) is 2.36. The van der Waals surface area contributed by atoms with Crippen LogP contribution in [-0.4, -0.2) is 5.91 Å². The van der Waals surface area contributed by atoms with Crippen molar-refractivity contribution in [2.45, 2.75) is 0 Å². The van der Waals surface area contributed by atoms with E-state index in [4.69, 9.17) is 0 Å². The van der Waals surface area contributed by atoms with Gasteiger partial charge in [0.15, 0.2) is 0 Å². The molecule has 0 saturated carbocycles. The van der Waals surface area contributed by atoms with Gasteiger partial charge in [-0.15, -0.1) is 0 Å². The zero-order valence-electron chi connectivity index (χ0n) is 9.38. The summed E-state index contributed by atoms with van der Waals surface area (Å²) < 4.78 is 40.6. The smallest absolute Gasteiger partial charge is 0.261 e. The van der Waals surface area contributed by atoms with Crippen LogP contribution in [0.15, 0.2) is 40.9 Å². The molecule has 6 heteroatoms. The van der Waals surface area contributed by atoms with Crippen LogP contribution >= 0.6 is 15.9 Å². The number of halogens is 4. The van der Waals surface area contributed by atoms with Gasteiger partial charge in [-0.3, -0.25) is 4.79 Å². The molecule has 0 aliphatic rings. The van der Waals surface area contributed by atoms with Crippen molar-refractivity contribution < 1.29 is 18.0 Å². The molecule has 1 N–H and O–H groups in total. The van der Waals surface area contributed by atoms with Crippen LogP contribution in [0.3, 0.4) is 0 Å². The minimum Gasteiger partial charge on any atom is -0.319 e. The Kier molecular flexibility index (Phi) is 3.90. The molecule has 0 spiro atoms. The molecule has 2 aromatic carbocycles. The predicted molar refractivity (Wildman–Crippen MR) is 68.4 cm³/mol. The second-order valence-corrected chi connectivity index (χ2v) is 4.59. The number of rotatable bonds is 2. The van der Waals surface area contributed by atoms with Crippen LogP contribution in [0.25, 0.3) is 0 Å². The molecule has 0 aromatic heterocycles. The number of nitrogens with one attached hydrogen (secondary N) is 1. The summed E-state index contributed by atoms with van der Waals surface area (Å²) in [4.78, 5) is 11.7. The summed E-state index contributed by atoms with van der Waals surface area (Å²) >= 11 is 2.90. The van der Waals surface area contributed by atoms with E-state index in [1.54, 1.807) is 0 Å². The number of carbonyl (C=O) groups is 1. The van der Waals surface area contributed by atoms with Crippen molar-refractivity contribution in [3.63, 3.8) is 0 Å². The van der Waals surface area contributed by atoms with Gasteiger partial charge in [0.1, 0.15) is 23.0 Å². The maximum absolute atomic E-state index is 13.5. The monoisotopic (exact) mass is 329 g/mol. The maximum atomic E-state index is 13.5. The number of carbonyl (C=O) groups excluding carboxylic acids is 1. The number of amides is 1. The summed E-state index contributed by atoms with van der Waals surface area (Å²) in [5.41, 5.74) is -0.902. The number of benzene rings is 2. The fraction of sp³-hybridized carbons (Fsp3) is 0. The molecule has 1 amide bonds. The van der Waals surface area contributed by atoms with E-state index in [1.165, 1.54) is 18.2 Å². The molecule has 0 aliphatic heterocycles. The first-order valence-electron chi connectivity index (χ1n) is 5.19. The van der Waals surface area contributed by atoms with Crippen molar-refractivity contribution in [3.05, 3.63) is 63.9 Å². The number of hydrogen-bond acceptors (Lipinski definition) is 1. The van der Waals surface area contributed by atoms with Gasteiger partial charge in [0.25, 0.3) is 5.91 Å². The Morgan fingerprint density at radius 2 is 1.58 bits per heavy atom. The second kappa shape index (κ2) is 5.44. The standard InChI is InChI=1S/C13H7BrF3NO/c14-7-5-9(16)12(10(17)6-7)13(19)18-11-4-2-1-3-8(11)15/h1-6H,(H,18,19). The van der Waals surface area contributed by atoms with Gasteiger partial charge in [-0.05, 0) is 24.3 Å². The molecule has 0 radical (unpaired) electrons. The van der Waals surface area contributed by atoms with Gasteiger partial charge in [-0.1, -0.05) is 28.1 Å². The number of anilines is 1. The van der Waals surface area contributed by atoms with Gasteiger partial charge in [-0.2, -0.15) is 0 Å². The first kappa shape index (κ1) is 13.6. The molecule has 0 heterocycles. The first-order valence-corrected chi connectivity index (χ1v) is 5.99. The topological polar surface area (TPSA) is 29.1 Å².